The average Bonchev–Trinajstić information content (AvgIpc) is 2.87. The Kier molecular flexibility index (Phi) is 4.72. The van der Waals surface area contributed by atoms with Crippen LogP contribution in [-0.4, -0.2) is 27.9 Å². The van der Waals surface area contributed by atoms with Crippen LogP contribution in [0.1, 0.15) is 12.7 Å². The molecule has 1 heterocycles. The van der Waals surface area contributed by atoms with Gasteiger partial charge < -0.3 is 10.1 Å². The fourth-order valence-electron chi connectivity index (χ4n) is 1.65. The first-order chi connectivity index (χ1) is 8.90. The lowest BCUT2D eigenvalue weighted by Gasteiger charge is -2.07. The predicted octanol–water partition coefficient (Wildman–Crippen LogP) is 1.47. The number of aryl methyl sites for hydroxylation is 1. The van der Waals surface area contributed by atoms with Gasteiger partial charge in [-0.2, -0.15) is 5.10 Å². The van der Waals surface area contributed by atoms with Crippen molar-refractivity contribution in [3.63, 3.8) is 0 Å². The van der Waals surface area contributed by atoms with Crippen molar-refractivity contribution in [1.82, 2.24) is 20.1 Å². The number of aromatic nitrogens is 3. The van der Waals surface area contributed by atoms with Gasteiger partial charge in [-0.25, -0.2) is 9.67 Å². The van der Waals surface area contributed by atoms with E-state index in [2.05, 4.69) is 22.3 Å². The highest BCUT2D eigenvalue weighted by Gasteiger charge is 2.00. The van der Waals surface area contributed by atoms with Crippen LogP contribution in [0.2, 0.25) is 0 Å². The second-order valence-corrected chi connectivity index (χ2v) is 3.83. The number of hydrogen-bond donors (Lipinski definition) is 1. The van der Waals surface area contributed by atoms with Crippen LogP contribution < -0.4 is 10.1 Å². The molecule has 2 aromatic rings. The fourth-order valence-corrected chi connectivity index (χ4v) is 1.65. The topological polar surface area (TPSA) is 52.0 Å². The van der Waals surface area contributed by atoms with Gasteiger partial charge in [0.15, 0.2) is 0 Å². The van der Waals surface area contributed by atoms with Gasteiger partial charge in [0, 0.05) is 13.1 Å². The molecule has 0 bridgehead atoms. The van der Waals surface area contributed by atoms with E-state index < -0.39 is 0 Å². The Labute approximate surface area is 107 Å². The highest BCUT2D eigenvalue weighted by atomic mass is 16.5. The minimum absolute atomic E-state index is 0.643. The lowest BCUT2D eigenvalue weighted by atomic mass is 10.3. The molecule has 1 aromatic heterocycles. The quantitative estimate of drug-likeness (QED) is 0.752. The zero-order valence-electron chi connectivity index (χ0n) is 10.5. The summed E-state index contributed by atoms with van der Waals surface area (Å²) in [5.41, 5.74) is 0. The SMILES string of the molecule is CCn1ncnc1CNCCOc1ccccc1. The number of hydrogen-bond acceptors (Lipinski definition) is 4. The van der Waals surface area contributed by atoms with Gasteiger partial charge in [0.2, 0.25) is 0 Å². The molecule has 0 aliphatic heterocycles. The highest BCUT2D eigenvalue weighted by molar-refractivity contribution is 5.20. The van der Waals surface area contributed by atoms with Crippen molar-refractivity contribution in [2.75, 3.05) is 13.2 Å². The van der Waals surface area contributed by atoms with Crippen LogP contribution >= 0.6 is 0 Å². The fraction of sp³-hybridized carbons (Fsp3) is 0.385. The molecule has 0 amide bonds. The third-order valence-corrected chi connectivity index (χ3v) is 2.57. The molecule has 0 saturated carbocycles. The van der Waals surface area contributed by atoms with E-state index in [1.54, 1.807) is 6.33 Å². The maximum atomic E-state index is 5.58. The molecule has 0 radical (unpaired) electrons. The molecule has 5 nitrogen and oxygen atoms in total. The number of ether oxygens (including phenoxy) is 1. The Morgan fingerprint density at radius 2 is 2.11 bits per heavy atom. The summed E-state index contributed by atoms with van der Waals surface area (Å²) < 4.78 is 7.46. The number of benzene rings is 1. The lowest BCUT2D eigenvalue weighted by Crippen LogP contribution is -2.22. The second-order valence-electron chi connectivity index (χ2n) is 3.83. The van der Waals surface area contributed by atoms with E-state index in [4.69, 9.17) is 4.74 Å². The van der Waals surface area contributed by atoms with E-state index in [9.17, 15) is 0 Å². The summed E-state index contributed by atoms with van der Waals surface area (Å²) in [5, 5.41) is 7.40. The normalized spacial score (nSPS) is 10.5. The summed E-state index contributed by atoms with van der Waals surface area (Å²) in [4.78, 5) is 4.19. The predicted molar refractivity (Wildman–Crippen MR) is 69.3 cm³/mol. The Bertz CT molecular complexity index is 455. The molecule has 0 spiro atoms. The van der Waals surface area contributed by atoms with Crippen LogP contribution in [0.3, 0.4) is 0 Å². The Morgan fingerprint density at radius 1 is 1.28 bits per heavy atom. The van der Waals surface area contributed by atoms with Crippen LogP contribution in [0.25, 0.3) is 0 Å². The zero-order valence-corrected chi connectivity index (χ0v) is 10.5. The molecule has 0 aliphatic carbocycles. The van der Waals surface area contributed by atoms with Gasteiger partial charge >= 0.3 is 0 Å². The Balaban J connectivity index is 1.65. The van der Waals surface area contributed by atoms with Crippen molar-refractivity contribution in [1.29, 1.82) is 0 Å². The van der Waals surface area contributed by atoms with Crippen LogP contribution in [0, 0.1) is 0 Å². The van der Waals surface area contributed by atoms with Crippen molar-refractivity contribution in [2.24, 2.45) is 0 Å². The third-order valence-electron chi connectivity index (χ3n) is 2.57. The highest BCUT2D eigenvalue weighted by Crippen LogP contribution is 2.07. The summed E-state index contributed by atoms with van der Waals surface area (Å²) in [7, 11) is 0. The van der Waals surface area contributed by atoms with Gasteiger partial charge in [0.05, 0.1) is 6.54 Å². The molecule has 0 fully saturated rings. The smallest absolute Gasteiger partial charge is 0.140 e. The van der Waals surface area contributed by atoms with Crippen LogP contribution in [0.15, 0.2) is 36.7 Å². The van der Waals surface area contributed by atoms with E-state index in [0.29, 0.717) is 13.2 Å². The van der Waals surface area contributed by atoms with Gasteiger partial charge in [-0.3, -0.25) is 0 Å². The van der Waals surface area contributed by atoms with Gasteiger partial charge in [-0.1, -0.05) is 18.2 Å². The summed E-state index contributed by atoms with van der Waals surface area (Å²) in [6.45, 7) is 5.04. The maximum absolute atomic E-state index is 5.58. The van der Waals surface area contributed by atoms with E-state index >= 15 is 0 Å². The number of rotatable bonds is 7. The largest absolute Gasteiger partial charge is 0.492 e. The van der Waals surface area contributed by atoms with Crippen molar-refractivity contribution in [3.05, 3.63) is 42.5 Å². The van der Waals surface area contributed by atoms with Crippen molar-refractivity contribution in [2.45, 2.75) is 20.0 Å². The van der Waals surface area contributed by atoms with E-state index in [-0.39, 0.29) is 0 Å². The molecule has 1 aromatic carbocycles. The van der Waals surface area contributed by atoms with Gasteiger partial charge in [0.25, 0.3) is 0 Å². The Morgan fingerprint density at radius 3 is 2.89 bits per heavy atom. The molecule has 0 aliphatic rings. The molecule has 0 unspecified atom stereocenters. The van der Waals surface area contributed by atoms with E-state index in [1.165, 1.54) is 0 Å². The van der Waals surface area contributed by atoms with Crippen LogP contribution in [0.5, 0.6) is 5.75 Å². The number of nitrogens with one attached hydrogen (secondary N) is 1. The number of para-hydroxylation sites is 1. The molecule has 96 valence electrons. The van der Waals surface area contributed by atoms with Gasteiger partial charge in [0.1, 0.15) is 24.5 Å². The monoisotopic (exact) mass is 246 g/mol. The standard InChI is InChI=1S/C13H18N4O/c1-2-17-13(15-11-16-17)10-14-8-9-18-12-6-4-3-5-7-12/h3-7,11,14H,2,8-10H2,1H3. The molecule has 5 heteroatoms. The zero-order chi connectivity index (χ0) is 12.6. The third kappa shape index (κ3) is 3.56. The van der Waals surface area contributed by atoms with Crippen molar-refractivity contribution < 1.29 is 4.74 Å². The lowest BCUT2D eigenvalue weighted by molar-refractivity contribution is 0.312. The first-order valence-corrected chi connectivity index (χ1v) is 6.15. The summed E-state index contributed by atoms with van der Waals surface area (Å²) >= 11 is 0. The van der Waals surface area contributed by atoms with Crippen molar-refractivity contribution >= 4 is 0 Å². The minimum atomic E-state index is 0.643. The van der Waals surface area contributed by atoms with Crippen molar-refractivity contribution in [3.8, 4) is 5.75 Å². The molecule has 0 saturated heterocycles. The minimum Gasteiger partial charge on any atom is -0.492 e. The summed E-state index contributed by atoms with van der Waals surface area (Å²) in [5.74, 6) is 1.85. The van der Waals surface area contributed by atoms with Crippen LogP contribution in [0.4, 0.5) is 0 Å². The molecule has 2 rings (SSSR count). The van der Waals surface area contributed by atoms with Crippen LogP contribution in [-0.2, 0) is 13.1 Å². The first kappa shape index (κ1) is 12.6. The molecular formula is C13H18N4O. The average molecular weight is 246 g/mol. The van der Waals surface area contributed by atoms with Gasteiger partial charge in [-0.05, 0) is 19.1 Å². The molecule has 0 atom stereocenters. The summed E-state index contributed by atoms with van der Waals surface area (Å²) in [6.07, 6.45) is 1.58. The Hall–Kier alpha value is -1.88. The molecule has 18 heavy (non-hydrogen) atoms. The van der Waals surface area contributed by atoms with Gasteiger partial charge in [-0.15, -0.1) is 0 Å². The van der Waals surface area contributed by atoms with E-state index in [0.717, 1.165) is 24.7 Å². The number of nitrogens with zero attached hydrogens (tertiary/aromatic N) is 3. The second kappa shape index (κ2) is 6.76. The van der Waals surface area contributed by atoms with E-state index in [1.807, 2.05) is 35.0 Å². The molecule has 1 N–H and O–H groups in total. The molecular weight excluding hydrogens is 228 g/mol. The summed E-state index contributed by atoms with van der Waals surface area (Å²) in [6, 6.07) is 9.81. The first-order valence-electron chi connectivity index (χ1n) is 6.15. The maximum Gasteiger partial charge on any atom is 0.140 e.